The number of fused-ring (bicyclic) bond motifs is 1. The van der Waals surface area contributed by atoms with Crippen molar-refractivity contribution in [1.82, 2.24) is 14.8 Å². The Balaban J connectivity index is 1.74. The molecule has 0 spiro atoms. The molecule has 0 saturated heterocycles. The van der Waals surface area contributed by atoms with Gasteiger partial charge in [-0.2, -0.15) is 10.1 Å². The molecule has 1 aliphatic carbocycles. The molecule has 2 aromatic rings. The number of aromatic nitrogens is 3. The normalized spacial score (nSPS) is 19.2. The minimum absolute atomic E-state index is 0.192. The van der Waals surface area contributed by atoms with E-state index in [0.29, 0.717) is 19.0 Å². The fraction of sp³-hybridized carbons (Fsp3) is 0.421. The van der Waals surface area contributed by atoms with Crippen LogP contribution in [0, 0.1) is 0 Å². The van der Waals surface area contributed by atoms with Crippen LogP contribution in [0.15, 0.2) is 41.9 Å². The van der Waals surface area contributed by atoms with Crippen LogP contribution < -0.4 is 10.1 Å². The van der Waals surface area contributed by atoms with Crippen LogP contribution in [-0.4, -0.2) is 27.2 Å². The van der Waals surface area contributed by atoms with Crippen LogP contribution in [0.4, 0.5) is 5.95 Å². The number of nitrogens with zero attached hydrogens (tertiary/aromatic N) is 3. The molecule has 25 heavy (non-hydrogen) atoms. The molecular formula is C19H22N4O2. The SMILES string of the molecule is CCCCOc1cccc(C2C3=C(CCCC3=O)Nc3ncnn32)c1. The molecule has 0 amide bonds. The smallest absolute Gasteiger partial charge is 0.226 e. The molecule has 6 nitrogen and oxygen atoms in total. The van der Waals surface area contributed by atoms with Gasteiger partial charge >= 0.3 is 0 Å². The second kappa shape index (κ2) is 6.70. The summed E-state index contributed by atoms with van der Waals surface area (Å²) >= 11 is 0. The number of hydrogen-bond donors (Lipinski definition) is 1. The lowest BCUT2D eigenvalue weighted by molar-refractivity contribution is -0.116. The van der Waals surface area contributed by atoms with Gasteiger partial charge in [-0.05, 0) is 37.0 Å². The van der Waals surface area contributed by atoms with Crippen LogP contribution in [0.2, 0.25) is 0 Å². The lowest BCUT2D eigenvalue weighted by Crippen LogP contribution is -2.31. The van der Waals surface area contributed by atoms with Crippen LogP contribution in [0.5, 0.6) is 5.75 Å². The van der Waals surface area contributed by atoms with Crippen LogP contribution in [0.25, 0.3) is 0 Å². The Kier molecular flexibility index (Phi) is 4.26. The monoisotopic (exact) mass is 338 g/mol. The first-order valence-corrected chi connectivity index (χ1v) is 8.93. The van der Waals surface area contributed by atoms with Crippen molar-refractivity contribution in [3.05, 3.63) is 47.4 Å². The van der Waals surface area contributed by atoms with Gasteiger partial charge in [0.2, 0.25) is 5.95 Å². The standard InChI is InChI=1S/C19H22N4O2/c1-2-3-10-25-14-7-4-6-13(11-14)18-17-15(8-5-9-16(17)24)22-19-20-12-21-23(18)19/h4,6-7,11-12,18H,2-3,5,8-10H2,1H3,(H,20,21,22). The number of carbonyl (C=O) groups is 1. The summed E-state index contributed by atoms with van der Waals surface area (Å²) in [6, 6.07) is 7.74. The van der Waals surface area contributed by atoms with Crippen LogP contribution in [-0.2, 0) is 4.79 Å². The van der Waals surface area contributed by atoms with E-state index in [1.807, 2.05) is 24.3 Å². The maximum Gasteiger partial charge on any atom is 0.226 e. The fourth-order valence-corrected chi connectivity index (χ4v) is 3.51. The predicted molar refractivity (Wildman–Crippen MR) is 94.5 cm³/mol. The highest BCUT2D eigenvalue weighted by Gasteiger charge is 2.36. The average Bonchev–Trinajstić information content (AvgIpc) is 3.09. The lowest BCUT2D eigenvalue weighted by Gasteiger charge is -2.32. The van der Waals surface area contributed by atoms with E-state index in [-0.39, 0.29) is 11.8 Å². The van der Waals surface area contributed by atoms with Crippen molar-refractivity contribution in [3.8, 4) is 5.75 Å². The summed E-state index contributed by atoms with van der Waals surface area (Å²) in [7, 11) is 0. The molecular weight excluding hydrogens is 316 g/mol. The maximum atomic E-state index is 12.6. The third-order valence-electron chi connectivity index (χ3n) is 4.75. The molecule has 1 unspecified atom stereocenters. The van der Waals surface area contributed by atoms with E-state index in [1.165, 1.54) is 6.33 Å². The van der Waals surface area contributed by atoms with Crippen molar-refractivity contribution in [2.45, 2.75) is 45.1 Å². The first kappa shape index (κ1) is 15.9. The molecule has 2 heterocycles. The Bertz CT molecular complexity index is 824. The molecule has 1 aliphatic heterocycles. The molecule has 1 atom stereocenters. The zero-order valence-corrected chi connectivity index (χ0v) is 14.4. The van der Waals surface area contributed by atoms with Gasteiger partial charge in [0.15, 0.2) is 5.78 Å². The summed E-state index contributed by atoms with van der Waals surface area (Å²) in [4.78, 5) is 16.9. The van der Waals surface area contributed by atoms with Gasteiger partial charge in [0, 0.05) is 17.7 Å². The molecule has 0 saturated carbocycles. The summed E-state index contributed by atoms with van der Waals surface area (Å²) in [6.07, 6.45) is 6.00. The van der Waals surface area contributed by atoms with E-state index >= 15 is 0 Å². The van der Waals surface area contributed by atoms with Gasteiger partial charge in [-0.1, -0.05) is 25.5 Å². The number of nitrogens with one attached hydrogen (secondary N) is 1. The van der Waals surface area contributed by atoms with Gasteiger partial charge in [0.1, 0.15) is 18.1 Å². The zero-order valence-electron chi connectivity index (χ0n) is 14.4. The molecule has 1 N–H and O–H groups in total. The van der Waals surface area contributed by atoms with Crippen molar-refractivity contribution in [3.63, 3.8) is 0 Å². The minimum atomic E-state index is -0.240. The summed E-state index contributed by atoms with van der Waals surface area (Å²) in [5.41, 5.74) is 2.80. The quantitative estimate of drug-likeness (QED) is 0.845. The fourth-order valence-electron chi connectivity index (χ4n) is 3.51. The number of benzene rings is 1. The van der Waals surface area contributed by atoms with Crippen LogP contribution >= 0.6 is 0 Å². The highest BCUT2D eigenvalue weighted by Crippen LogP contribution is 2.40. The average molecular weight is 338 g/mol. The van der Waals surface area contributed by atoms with E-state index < -0.39 is 0 Å². The van der Waals surface area contributed by atoms with Gasteiger partial charge in [-0.25, -0.2) is 4.68 Å². The van der Waals surface area contributed by atoms with Crippen molar-refractivity contribution in [2.75, 3.05) is 11.9 Å². The second-order valence-corrected chi connectivity index (χ2v) is 6.50. The molecule has 0 radical (unpaired) electrons. The highest BCUT2D eigenvalue weighted by atomic mass is 16.5. The molecule has 1 aromatic carbocycles. The number of rotatable bonds is 5. The number of ketones is 1. The molecule has 4 rings (SSSR count). The third kappa shape index (κ3) is 2.92. The predicted octanol–water partition coefficient (Wildman–Crippen LogP) is 3.48. The molecule has 1 aromatic heterocycles. The molecule has 0 bridgehead atoms. The van der Waals surface area contributed by atoms with E-state index in [2.05, 4.69) is 22.3 Å². The van der Waals surface area contributed by atoms with Crippen molar-refractivity contribution < 1.29 is 9.53 Å². The van der Waals surface area contributed by atoms with Gasteiger partial charge in [-0.15, -0.1) is 0 Å². The highest BCUT2D eigenvalue weighted by molar-refractivity contribution is 5.99. The molecule has 6 heteroatoms. The molecule has 130 valence electrons. The van der Waals surface area contributed by atoms with Crippen molar-refractivity contribution >= 4 is 11.7 Å². The van der Waals surface area contributed by atoms with Gasteiger partial charge in [0.25, 0.3) is 0 Å². The maximum absolute atomic E-state index is 12.6. The summed E-state index contributed by atoms with van der Waals surface area (Å²) in [5.74, 6) is 1.71. The topological polar surface area (TPSA) is 69.0 Å². The number of unbranched alkanes of at least 4 members (excludes halogenated alkanes) is 1. The first-order chi connectivity index (χ1) is 12.3. The van der Waals surface area contributed by atoms with E-state index in [4.69, 9.17) is 4.74 Å². The Hall–Kier alpha value is -2.63. The van der Waals surface area contributed by atoms with Gasteiger partial charge in [-0.3, -0.25) is 4.79 Å². The third-order valence-corrected chi connectivity index (χ3v) is 4.75. The van der Waals surface area contributed by atoms with E-state index in [1.54, 1.807) is 4.68 Å². The number of allylic oxidation sites excluding steroid dienone is 2. The number of hydrogen-bond acceptors (Lipinski definition) is 5. The number of anilines is 1. The minimum Gasteiger partial charge on any atom is -0.494 e. The van der Waals surface area contributed by atoms with Crippen LogP contribution in [0.1, 0.15) is 50.6 Å². The zero-order chi connectivity index (χ0) is 17.2. The second-order valence-electron chi connectivity index (χ2n) is 6.50. The Morgan fingerprint density at radius 1 is 1.36 bits per heavy atom. The molecule has 0 fully saturated rings. The van der Waals surface area contributed by atoms with Gasteiger partial charge < -0.3 is 10.1 Å². The van der Waals surface area contributed by atoms with E-state index in [0.717, 1.165) is 48.3 Å². The Labute approximate surface area is 146 Å². The Morgan fingerprint density at radius 2 is 2.28 bits per heavy atom. The summed E-state index contributed by atoms with van der Waals surface area (Å²) in [5, 5.41) is 7.64. The lowest BCUT2D eigenvalue weighted by atomic mass is 9.85. The summed E-state index contributed by atoms with van der Waals surface area (Å²) in [6.45, 7) is 2.84. The van der Waals surface area contributed by atoms with E-state index in [9.17, 15) is 4.79 Å². The van der Waals surface area contributed by atoms with Gasteiger partial charge in [0.05, 0.1) is 6.61 Å². The number of Topliss-reactive ketones (excluding diaryl/α,β-unsaturated/α-hetero) is 1. The van der Waals surface area contributed by atoms with Crippen molar-refractivity contribution in [2.24, 2.45) is 0 Å². The first-order valence-electron chi connectivity index (χ1n) is 8.93. The molecule has 2 aliphatic rings. The van der Waals surface area contributed by atoms with Crippen molar-refractivity contribution in [1.29, 1.82) is 0 Å². The number of ether oxygens (including phenoxy) is 1. The van der Waals surface area contributed by atoms with Crippen LogP contribution in [0.3, 0.4) is 0 Å². The summed E-state index contributed by atoms with van der Waals surface area (Å²) < 4.78 is 7.65. The Morgan fingerprint density at radius 3 is 3.16 bits per heavy atom. The number of carbonyl (C=O) groups excluding carboxylic acids is 1. The largest absolute Gasteiger partial charge is 0.494 e.